The Bertz CT molecular complexity index is 1450. The molecule has 1 aromatic rings. The molecule has 1 saturated heterocycles. The van der Waals surface area contributed by atoms with Crippen LogP contribution >= 0.6 is 7.82 Å². The van der Waals surface area contributed by atoms with Crippen molar-refractivity contribution in [3.8, 4) is 0 Å². The van der Waals surface area contributed by atoms with Gasteiger partial charge >= 0.3 is 35.2 Å². The average Bonchev–Trinajstić information content (AvgIpc) is 3.55. The van der Waals surface area contributed by atoms with Crippen LogP contribution in [0.2, 0.25) is 0 Å². The number of hydrogen-bond donors (Lipinski definition) is 2. The summed E-state index contributed by atoms with van der Waals surface area (Å²) in [4.78, 5) is 43.9. The predicted octanol–water partition coefficient (Wildman–Crippen LogP) is 2.43. The number of aliphatic hydroxyl groups excluding tert-OH is 1. The molecule has 57 heavy (non-hydrogen) atoms. The molecule has 0 aliphatic carbocycles. The molecule has 0 bridgehead atoms. The van der Waals surface area contributed by atoms with Crippen LogP contribution in [0.4, 0.5) is 0 Å². The van der Waals surface area contributed by atoms with Crippen LogP contribution in [0.3, 0.4) is 0 Å². The molecule has 324 valence electrons. The second kappa shape index (κ2) is 32.2. The van der Waals surface area contributed by atoms with Crippen molar-refractivity contribution in [2.45, 2.75) is 154 Å². The summed E-state index contributed by atoms with van der Waals surface area (Å²) in [6.45, 7) is 6.16. The number of phosphoric acid groups is 1. The quantitative estimate of drug-likeness (QED) is 0.0132. The Morgan fingerprint density at radius 3 is 2.11 bits per heavy atom. The van der Waals surface area contributed by atoms with Gasteiger partial charge in [0.15, 0.2) is 0 Å². The summed E-state index contributed by atoms with van der Waals surface area (Å²) in [5, 5.41) is 24.8. The van der Waals surface area contributed by atoms with E-state index < -0.39 is 43.5 Å². The van der Waals surface area contributed by atoms with E-state index in [0.717, 1.165) is 19.3 Å². The van der Waals surface area contributed by atoms with Gasteiger partial charge in [-0.3, -0.25) is 18.9 Å². The number of ether oxygens (including phenoxy) is 2. The topological polar surface area (TPSA) is 236 Å². The zero-order valence-corrected chi connectivity index (χ0v) is 38.8. The first-order chi connectivity index (χ1) is 26.7. The molecule has 17 nitrogen and oxygen atoms in total. The van der Waals surface area contributed by atoms with E-state index in [1.807, 2.05) is 21.1 Å². The molecule has 1 aromatic heterocycles. The number of H-pyrrole nitrogens is 1. The Kier molecular flexibility index (Phi) is 31.3. The van der Waals surface area contributed by atoms with Crippen LogP contribution in [0.5, 0.6) is 0 Å². The van der Waals surface area contributed by atoms with Gasteiger partial charge in [0, 0.05) is 29.7 Å². The summed E-state index contributed by atoms with van der Waals surface area (Å²) in [7, 11) is 1.43. The summed E-state index contributed by atoms with van der Waals surface area (Å²) in [6, 6.07) is -0.542. The Balaban J connectivity index is 0.00000130. The first kappa shape index (κ1) is 55.4. The number of aromatic amines is 1. The SMILES string of the molecule is CCCCCCCCCCCCCCCCCC([O-])=NCC(COP(=O)([O-])OCC[N+](C)(C)C)OCC.Cc1cn([C@H]2C[C@H](N=[N+]=[N-])[C@@H](CO)O2)c(=O)[nH]c1=O.[Na+]. The fraction of sp³-hybridized carbons (Fsp3) is 0.868. The van der Waals surface area contributed by atoms with Gasteiger partial charge in [-0.2, -0.15) is 0 Å². The molecule has 2 unspecified atom stereocenters. The Morgan fingerprint density at radius 2 is 1.60 bits per heavy atom. The van der Waals surface area contributed by atoms with E-state index in [1.165, 1.54) is 87.8 Å². The number of hydrogen-bond acceptors (Lipinski definition) is 12. The zero-order valence-electron chi connectivity index (χ0n) is 35.9. The van der Waals surface area contributed by atoms with Crippen molar-refractivity contribution in [3.63, 3.8) is 0 Å². The molecule has 1 aliphatic heterocycles. The standard InChI is InChI=1S/C28H59N2O6P.C10H13N5O4.Na/c1-6-8-9-10-11-12-13-14-15-16-17-18-19-20-21-22-28(31)29-25-27(34-7-2)26-36-37(32,33)35-24-23-30(3,4)5;1-5-3-15(10(18)12-9(5)17)8-2-6(13-14-11)7(4-16)19-8;/h27H,6-26H2,1-5H3,(H-,29,31,32,33);3,6-8,16H,2,4H2,1H3,(H,12,17,18);/q;;+1/p-1/t;6-,7+,8+;/m.0./s1. The van der Waals surface area contributed by atoms with Gasteiger partial charge in [-0.1, -0.05) is 102 Å². The van der Waals surface area contributed by atoms with Crippen LogP contribution in [0.1, 0.15) is 135 Å². The maximum absolute atomic E-state index is 12.1. The molecule has 2 heterocycles. The van der Waals surface area contributed by atoms with Gasteiger partial charge in [0.05, 0.1) is 53.0 Å². The summed E-state index contributed by atoms with van der Waals surface area (Å²) < 4.78 is 34.6. The first-order valence-electron chi connectivity index (χ1n) is 20.5. The molecule has 0 radical (unpaired) electrons. The van der Waals surface area contributed by atoms with Crippen molar-refractivity contribution < 1.29 is 72.2 Å². The Hall–Kier alpha value is -1.59. The zero-order chi connectivity index (χ0) is 41.8. The fourth-order valence-electron chi connectivity index (χ4n) is 6.00. The third kappa shape index (κ3) is 27.0. The smallest absolute Gasteiger partial charge is 0.862 e. The van der Waals surface area contributed by atoms with E-state index in [9.17, 15) is 24.2 Å². The van der Waals surface area contributed by atoms with Crippen LogP contribution in [-0.2, 0) is 23.1 Å². The summed E-state index contributed by atoms with van der Waals surface area (Å²) >= 11 is 0. The minimum atomic E-state index is -4.42. The number of nitrogens with zero attached hydrogens (tertiary/aromatic N) is 6. The Morgan fingerprint density at radius 1 is 1.04 bits per heavy atom. The van der Waals surface area contributed by atoms with Gasteiger partial charge in [-0.25, -0.2) is 4.79 Å². The Labute approximate surface area is 362 Å². The van der Waals surface area contributed by atoms with Crippen molar-refractivity contribution in [1.29, 1.82) is 0 Å². The molecule has 5 atom stereocenters. The third-order valence-electron chi connectivity index (χ3n) is 9.34. The normalized spacial score (nSPS) is 18.5. The number of quaternary nitrogens is 1. The van der Waals surface area contributed by atoms with Crippen molar-refractivity contribution >= 4 is 13.7 Å². The molecular formula is C38H71N7NaO10P. The van der Waals surface area contributed by atoms with Gasteiger partial charge < -0.3 is 43.1 Å². The minimum absolute atomic E-state index is 0. The number of aliphatic hydroxyl groups is 1. The van der Waals surface area contributed by atoms with Gasteiger partial charge in [-0.15, -0.1) is 0 Å². The second-order valence-electron chi connectivity index (χ2n) is 15.4. The summed E-state index contributed by atoms with van der Waals surface area (Å²) in [6.07, 6.45) is 19.4. The maximum Gasteiger partial charge on any atom is 1.00 e. The molecular weight excluding hydrogens is 768 g/mol. The number of azide groups is 1. The molecule has 0 aromatic carbocycles. The summed E-state index contributed by atoms with van der Waals surface area (Å²) in [5.74, 6) is -0.163. The van der Waals surface area contributed by atoms with E-state index in [0.29, 0.717) is 29.6 Å². The monoisotopic (exact) mass is 839 g/mol. The molecule has 0 amide bonds. The predicted molar refractivity (Wildman–Crippen MR) is 214 cm³/mol. The molecule has 1 fully saturated rings. The van der Waals surface area contributed by atoms with Crippen molar-refractivity contribution in [3.05, 3.63) is 43.0 Å². The number of aryl methyl sites for hydroxylation is 1. The van der Waals surface area contributed by atoms with E-state index in [4.69, 9.17) is 29.2 Å². The van der Waals surface area contributed by atoms with Crippen molar-refractivity contribution in [1.82, 2.24) is 9.55 Å². The summed E-state index contributed by atoms with van der Waals surface area (Å²) in [5.41, 5.74) is 7.76. The molecule has 0 spiro atoms. The number of likely N-dealkylation sites (N-methyl/N-ethyl adjacent to an activating group) is 1. The van der Waals surface area contributed by atoms with Crippen LogP contribution in [0.15, 0.2) is 25.9 Å². The molecule has 1 aliphatic rings. The number of rotatable bonds is 30. The maximum atomic E-state index is 12.1. The van der Waals surface area contributed by atoms with E-state index >= 15 is 0 Å². The van der Waals surface area contributed by atoms with E-state index in [2.05, 4.69) is 26.9 Å². The van der Waals surface area contributed by atoms with Gasteiger partial charge in [0.1, 0.15) is 25.5 Å². The van der Waals surface area contributed by atoms with E-state index in [1.54, 1.807) is 13.8 Å². The molecule has 2 rings (SSSR count). The van der Waals surface area contributed by atoms with E-state index in [-0.39, 0.29) is 68.2 Å². The number of phosphoric ester groups is 1. The number of aromatic nitrogens is 2. The largest absolute Gasteiger partial charge is 1.00 e. The van der Waals surface area contributed by atoms with Gasteiger partial charge in [0.25, 0.3) is 13.4 Å². The minimum Gasteiger partial charge on any atom is -0.862 e. The molecule has 0 saturated carbocycles. The van der Waals surface area contributed by atoms with Gasteiger partial charge in [-0.05, 0) is 38.1 Å². The number of nitrogens with one attached hydrogen (secondary N) is 1. The van der Waals surface area contributed by atoms with Gasteiger partial charge in [0.2, 0.25) is 0 Å². The van der Waals surface area contributed by atoms with Crippen LogP contribution in [0.25, 0.3) is 10.4 Å². The average molecular weight is 840 g/mol. The number of unbranched alkanes of at least 4 members (excludes halogenated alkanes) is 14. The third-order valence-corrected chi connectivity index (χ3v) is 10.3. The molecule has 2 N–H and O–H groups in total. The van der Waals surface area contributed by atoms with Crippen molar-refractivity contribution in [2.75, 3.05) is 60.7 Å². The van der Waals surface area contributed by atoms with Crippen LogP contribution in [-0.4, -0.2) is 104 Å². The first-order valence-corrected chi connectivity index (χ1v) is 22.0. The number of aliphatic imine (C=N–C) groups is 1. The second-order valence-corrected chi connectivity index (χ2v) is 16.8. The molecule has 19 heteroatoms. The van der Waals surface area contributed by atoms with Crippen molar-refractivity contribution in [2.24, 2.45) is 10.1 Å². The van der Waals surface area contributed by atoms with Crippen LogP contribution in [0, 0.1) is 6.92 Å². The fourth-order valence-corrected chi connectivity index (χ4v) is 6.72. The van der Waals surface area contributed by atoms with Crippen LogP contribution < -0.4 is 50.8 Å².